The molecule has 0 amide bonds. The fourth-order valence-electron chi connectivity index (χ4n) is 3.17. The van der Waals surface area contributed by atoms with Gasteiger partial charge in [0.15, 0.2) is 0 Å². The zero-order valence-electron chi connectivity index (χ0n) is 12.5. The van der Waals surface area contributed by atoms with Crippen molar-refractivity contribution >= 4 is 16.6 Å². The molecule has 1 unspecified atom stereocenters. The first kappa shape index (κ1) is 14.1. The molecule has 1 aliphatic rings. The SMILES string of the molecule is CCCN(c1nccc2ccc(O)cc12)C1CCCNC1. The molecule has 0 radical (unpaired) electrons. The van der Waals surface area contributed by atoms with Gasteiger partial charge in [0.2, 0.25) is 0 Å². The van der Waals surface area contributed by atoms with Crippen molar-refractivity contribution < 1.29 is 5.11 Å². The van der Waals surface area contributed by atoms with Gasteiger partial charge in [-0.25, -0.2) is 4.98 Å². The van der Waals surface area contributed by atoms with E-state index in [2.05, 4.69) is 22.1 Å². The van der Waals surface area contributed by atoms with E-state index in [0.717, 1.165) is 42.6 Å². The van der Waals surface area contributed by atoms with Gasteiger partial charge < -0.3 is 15.3 Å². The Balaban J connectivity index is 2.03. The van der Waals surface area contributed by atoms with E-state index in [1.54, 1.807) is 6.07 Å². The lowest BCUT2D eigenvalue weighted by atomic mass is 10.0. The van der Waals surface area contributed by atoms with Crippen LogP contribution in [0.2, 0.25) is 0 Å². The molecule has 21 heavy (non-hydrogen) atoms. The van der Waals surface area contributed by atoms with E-state index in [-0.39, 0.29) is 0 Å². The number of anilines is 1. The van der Waals surface area contributed by atoms with Gasteiger partial charge in [0.25, 0.3) is 0 Å². The molecular formula is C17H23N3O. The van der Waals surface area contributed by atoms with Crippen LogP contribution in [-0.2, 0) is 0 Å². The molecule has 0 bridgehead atoms. The monoisotopic (exact) mass is 285 g/mol. The van der Waals surface area contributed by atoms with Crippen LogP contribution >= 0.6 is 0 Å². The minimum Gasteiger partial charge on any atom is -0.508 e. The first-order chi connectivity index (χ1) is 10.3. The Morgan fingerprint density at radius 2 is 2.29 bits per heavy atom. The number of phenolic OH excluding ortho intramolecular Hbond substituents is 1. The van der Waals surface area contributed by atoms with Crippen LogP contribution < -0.4 is 10.2 Å². The molecule has 0 spiro atoms. The second-order valence-corrected chi connectivity index (χ2v) is 5.73. The van der Waals surface area contributed by atoms with Crippen molar-refractivity contribution in [3.63, 3.8) is 0 Å². The molecule has 1 saturated heterocycles. The highest BCUT2D eigenvalue weighted by Gasteiger charge is 2.23. The highest BCUT2D eigenvalue weighted by molar-refractivity contribution is 5.93. The Hall–Kier alpha value is -1.81. The summed E-state index contributed by atoms with van der Waals surface area (Å²) in [6.45, 7) is 5.32. The molecule has 4 heteroatoms. The van der Waals surface area contributed by atoms with Gasteiger partial charge in [-0.2, -0.15) is 0 Å². The quantitative estimate of drug-likeness (QED) is 0.907. The summed E-state index contributed by atoms with van der Waals surface area (Å²) >= 11 is 0. The molecule has 3 rings (SSSR count). The van der Waals surface area contributed by atoms with Crippen LogP contribution in [0.15, 0.2) is 30.5 Å². The number of benzene rings is 1. The summed E-state index contributed by atoms with van der Waals surface area (Å²) in [6.07, 6.45) is 5.37. The molecule has 2 N–H and O–H groups in total. The van der Waals surface area contributed by atoms with E-state index in [4.69, 9.17) is 0 Å². The van der Waals surface area contributed by atoms with Gasteiger partial charge in [0.1, 0.15) is 11.6 Å². The third kappa shape index (κ3) is 2.95. The van der Waals surface area contributed by atoms with Crippen LogP contribution in [0, 0.1) is 0 Å². The summed E-state index contributed by atoms with van der Waals surface area (Å²) in [5, 5.41) is 15.5. The molecule has 1 aliphatic heterocycles. The lowest BCUT2D eigenvalue weighted by molar-refractivity contribution is 0.429. The summed E-state index contributed by atoms with van der Waals surface area (Å²) in [4.78, 5) is 7.04. The van der Waals surface area contributed by atoms with Gasteiger partial charge in [-0.05, 0) is 49.4 Å². The number of pyridine rings is 1. The van der Waals surface area contributed by atoms with E-state index in [9.17, 15) is 5.11 Å². The maximum absolute atomic E-state index is 9.82. The molecule has 2 heterocycles. The van der Waals surface area contributed by atoms with Gasteiger partial charge in [-0.3, -0.25) is 0 Å². The van der Waals surface area contributed by atoms with Gasteiger partial charge in [0, 0.05) is 30.7 Å². The molecule has 1 atom stereocenters. The van der Waals surface area contributed by atoms with Crippen LogP contribution in [-0.4, -0.2) is 35.8 Å². The minimum absolute atomic E-state index is 0.301. The van der Waals surface area contributed by atoms with Crippen LogP contribution in [0.1, 0.15) is 26.2 Å². The van der Waals surface area contributed by atoms with E-state index >= 15 is 0 Å². The van der Waals surface area contributed by atoms with Crippen LogP contribution in [0.3, 0.4) is 0 Å². The zero-order valence-corrected chi connectivity index (χ0v) is 12.5. The molecule has 1 aromatic heterocycles. The van der Waals surface area contributed by atoms with E-state index < -0.39 is 0 Å². The van der Waals surface area contributed by atoms with Crippen molar-refractivity contribution in [3.8, 4) is 5.75 Å². The molecule has 0 aliphatic carbocycles. The van der Waals surface area contributed by atoms with Crippen LogP contribution in [0.5, 0.6) is 5.75 Å². The molecule has 4 nitrogen and oxygen atoms in total. The average molecular weight is 285 g/mol. The number of nitrogens with one attached hydrogen (secondary N) is 1. The maximum atomic E-state index is 9.82. The summed E-state index contributed by atoms with van der Waals surface area (Å²) in [5.41, 5.74) is 0. The fraction of sp³-hybridized carbons (Fsp3) is 0.471. The average Bonchev–Trinajstić information content (AvgIpc) is 2.53. The Bertz CT molecular complexity index is 608. The van der Waals surface area contributed by atoms with Crippen molar-refractivity contribution in [2.75, 3.05) is 24.5 Å². The highest BCUT2D eigenvalue weighted by Crippen LogP contribution is 2.30. The third-order valence-corrected chi connectivity index (χ3v) is 4.18. The van der Waals surface area contributed by atoms with Crippen molar-refractivity contribution in [1.29, 1.82) is 0 Å². The predicted octanol–water partition coefficient (Wildman–Crippen LogP) is 2.91. The van der Waals surface area contributed by atoms with Gasteiger partial charge >= 0.3 is 0 Å². The molecule has 112 valence electrons. The number of piperidine rings is 1. The Morgan fingerprint density at radius 3 is 3.05 bits per heavy atom. The number of hydrogen-bond acceptors (Lipinski definition) is 4. The van der Waals surface area contributed by atoms with Crippen molar-refractivity contribution in [3.05, 3.63) is 30.5 Å². The predicted molar refractivity (Wildman–Crippen MR) is 86.9 cm³/mol. The molecule has 1 aromatic carbocycles. The lowest BCUT2D eigenvalue weighted by Gasteiger charge is -2.36. The smallest absolute Gasteiger partial charge is 0.136 e. The maximum Gasteiger partial charge on any atom is 0.136 e. The standard InChI is InChI=1S/C17H23N3O/c1-2-10-20(14-4-3-8-18-12-14)17-16-11-15(21)6-5-13(16)7-9-19-17/h5-7,9,11,14,18,21H,2-4,8,10,12H2,1H3. The molecule has 2 aromatic rings. The molecular weight excluding hydrogens is 262 g/mol. The topological polar surface area (TPSA) is 48.4 Å². The molecule has 1 fully saturated rings. The second kappa shape index (κ2) is 6.31. The van der Waals surface area contributed by atoms with Crippen LogP contribution in [0.25, 0.3) is 10.8 Å². The normalized spacial score (nSPS) is 18.8. The lowest BCUT2D eigenvalue weighted by Crippen LogP contribution is -2.46. The summed E-state index contributed by atoms with van der Waals surface area (Å²) in [7, 11) is 0. The van der Waals surface area contributed by atoms with Crippen molar-refractivity contribution in [2.45, 2.75) is 32.2 Å². The summed E-state index contributed by atoms with van der Waals surface area (Å²) in [6, 6.07) is 8.01. The van der Waals surface area contributed by atoms with Crippen LogP contribution in [0.4, 0.5) is 5.82 Å². The minimum atomic E-state index is 0.301. The zero-order chi connectivity index (χ0) is 14.7. The van der Waals surface area contributed by atoms with E-state index in [0.29, 0.717) is 11.8 Å². The van der Waals surface area contributed by atoms with Crippen molar-refractivity contribution in [1.82, 2.24) is 10.3 Å². The number of nitrogens with zero attached hydrogens (tertiary/aromatic N) is 2. The van der Waals surface area contributed by atoms with E-state index in [1.165, 1.54) is 12.8 Å². The first-order valence-corrected chi connectivity index (χ1v) is 7.84. The van der Waals surface area contributed by atoms with E-state index in [1.807, 2.05) is 24.4 Å². The number of rotatable bonds is 4. The summed E-state index contributed by atoms with van der Waals surface area (Å²) in [5.74, 6) is 1.30. The number of aromatic hydroxyl groups is 1. The Labute approximate surface area is 125 Å². The number of aromatic nitrogens is 1. The summed E-state index contributed by atoms with van der Waals surface area (Å²) < 4.78 is 0. The first-order valence-electron chi connectivity index (χ1n) is 7.84. The largest absolute Gasteiger partial charge is 0.508 e. The van der Waals surface area contributed by atoms with Gasteiger partial charge in [-0.15, -0.1) is 0 Å². The van der Waals surface area contributed by atoms with Gasteiger partial charge in [-0.1, -0.05) is 13.0 Å². The number of phenols is 1. The Kier molecular flexibility index (Phi) is 4.25. The third-order valence-electron chi connectivity index (χ3n) is 4.18. The molecule has 0 saturated carbocycles. The Morgan fingerprint density at radius 1 is 1.38 bits per heavy atom. The number of fused-ring (bicyclic) bond motifs is 1. The second-order valence-electron chi connectivity index (χ2n) is 5.73. The highest BCUT2D eigenvalue weighted by atomic mass is 16.3. The van der Waals surface area contributed by atoms with Crippen molar-refractivity contribution in [2.24, 2.45) is 0 Å². The number of hydrogen-bond donors (Lipinski definition) is 2. The van der Waals surface area contributed by atoms with Gasteiger partial charge in [0.05, 0.1) is 0 Å². The fourth-order valence-corrected chi connectivity index (χ4v) is 3.17.